The molecule has 86 valence electrons. The van der Waals surface area contributed by atoms with Crippen LogP contribution in [0.1, 0.15) is 0 Å². The fraction of sp³-hybridized carbons (Fsp3) is 0. The molecule has 0 saturated carbocycles. The molecule has 3 nitrogen and oxygen atoms in total. The van der Waals surface area contributed by atoms with Crippen LogP contribution in [0, 0.1) is 4.91 Å². The van der Waals surface area contributed by atoms with Gasteiger partial charge in [0.05, 0.1) is 5.69 Å². The van der Waals surface area contributed by atoms with Crippen molar-refractivity contribution in [2.45, 2.75) is 0 Å². The van der Waals surface area contributed by atoms with Crippen LogP contribution in [0.25, 0.3) is 0 Å². The molecule has 0 aliphatic heterocycles. The summed E-state index contributed by atoms with van der Waals surface area (Å²) in [5, 5.41) is 6.09. The van der Waals surface area contributed by atoms with E-state index in [1.165, 1.54) is 0 Å². The van der Waals surface area contributed by atoms with Crippen molar-refractivity contribution in [1.82, 2.24) is 0 Å². The van der Waals surface area contributed by atoms with Crippen molar-refractivity contribution in [2.24, 2.45) is 5.18 Å². The smallest absolute Gasteiger partial charge is 0.108 e. The number of benzene rings is 2. The van der Waals surface area contributed by atoms with Gasteiger partial charge in [-0.15, -0.1) is 4.91 Å². The number of hydrogen-bond donors (Lipinski definition) is 1. The van der Waals surface area contributed by atoms with Crippen molar-refractivity contribution < 1.29 is 0 Å². The van der Waals surface area contributed by atoms with Crippen molar-refractivity contribution >= 4 is 48.9 Å². The Labute approximate surface area is 115 Å². The van der Waals surface area contributed by atoms with Gasteiger partial charge in [0.1, 0.15) is 5.69 Å². The third-order valence-electron chi connectivity index (χ3n) is 2.18. The van der Waals surface area contributed by atoms with Crippen molar-refractivity contribution in [3.8, 4) is 0 Å². The second kappa shape index (κ2) is 5.42. The number of rotatable bonds is 3. The highest BCUT2D eigenvalue weighted by atomic mass is 79.9. The van der Waals surface area contributed by atoms with E-state index in [0.717, 1.165) is 20.3 Å². The van der Waals surface area contributed by atoms with E-state index in [0.29, 0.717) is 5.69 Å². The van der Waals surface area contributed by atoms with Gasteiger partial charge in [-0.05, 0) is 63.6 Å². The highest BCUT2D eigenvalue weighted by molar-refractivity contribution is 9.11. The summed E-state index contributed by atoms with van der Waals surface area (Å²) in [6.45, 7) is 0. The summed E-state index contributed by atoms with van der Waals surface area (Å²) in [6, 6.07) is 12.8. The predicted molar refractivity (Wildman–Crippen MR) is 77.0 cm³/mol. The van der Waals surface area contributed by atoms with Crippen LogP contribution in [0.3, 0.4) is 0 Å². The Morgan fingerprint density at radius 1 is 1.00 bits per heavy atom. The first kappa shape index (κ1) is 12.3. The van der Waals surface area contributed by atoms with Gasteiger partial charge in [0.15, 0.2) is 0 Å². The summed E-state index contributed by atoms with van der Waals surface area (Å²) in [7, 11) is 0. The molecule has 17 heavy (non-hydrogen) atoms. The topological polar surface area (TPSA) is 41.5 Å². The SMILES string of the molecule is O=Nc1ccc(Nc2ccc(Br)cc2Br)cc1. The molecular weight excluding hydrogens is 348 g/mol. The van der Waals surface area contributed by atoms with Gasteiger partial charge < -0.3 is 5.32 Å². The van der Waals surface area contributed by atoms with Crippen molar-refractivity contribution in [2.75, 3.05) is 5.32 Å². The Morgan fingerprint density at radius 2 is 1.71 bits per heavy atom. The highest BCUT2D eigenvalue weighted by Crippen LogP contribution is 2.29. The number of halogens is 2. The Hall–Kier alpha value is -1.20. The molecule has 0 radical (unpaired) electrons. The van der Waals surface area contributed by atoms with E-state index >= 15 is 0 Å². The average molecular weight is 356 g/mol. The number of anilines is 2. The Morgan fingerprint density at radius 3 is 2.29 bits per heavy atom. The molecule has 0 aliphatic rings. The van der Waals surface area contributed by atoms with E-state index in [1.807, 2.05) is 30.3 Å². The minimum Gasteiger partial charge on any atom is -0.355 e. The van der Waals surface area contributed by atoms with Crippen LogP contribution in [0.15, 0.2) is 56.6 Å². The van der Waals surface area contributed by atoms with Crippen molar-refractivity contribution in [3.05, 3.63) is 56.3 Å². The first-order chi connectivity index (χ1) is 8.19. The third-order valence-corrected chi connectivity index (χ3v) is 3.33. The first-order valence-corrected chi connectivity index (χ1v) is 6.43. The summed E-state index contributed by atoms with van der Waals surface area (Å²) in [5.41, 5.74) is 2.28. The number of nitroso groups, excluding NO2 is 1. The molecule has 0 fully saturated rings. The lowest BCUT2D eigenvalue weighted by Crippen LogP contribution is -1.90. The van der Waals surface area contributed by atoms with Crippen molar-refractivity contribution in [3.63, 3.8) is 0 Å². The Bertz CT molecular complexity index is 541. The van der Waals surface area contributed by atoms with Crippen LogP contribution in [0.4, 0.5) is 17.1 Å². The van der Waals surface area contributed by atoms with Crippen LogP contribution in [-0.4, -0.2) is 0 Å². The number of nitrogens with one attached hydrogen (secondary N) is 1. The molecule has 1 N–H and O–H groups in total. The molecule has 0 aliphatic carbocycles. The van der Waals surface area contributed by atoms with E-state index in [9.17, 15) is 4.91 Å². The fourth-order valence-corrected chi connectivity index (χ4v) is 2.50. The van der Waals surface area contributed by atoms with Gasteiger partial charge in [0.2, 0.25) is 0 Å². The zero-order chi connectivity index (χ0) is 12.3. The lowest BCUT2D eigenvalue weighted by atomic mass is 10.2. The van der Waals surface area contributed by atoms with Crippen LogP contribution < -0.4 is 5.32 Å². The molecule has 0 unspecified atom stereocenters. The highest BCUT2D eigenvalue weighted by Gasteiger charge is 2.01. The van der Waals surface area contributed by atoms with E-state index in [1.54, 1.807) is 12.1 Å². The maximum absolute atomic E-state index is 10.3. The molecule has 2 aromatic carbocycles. The standard InChI is InChI=1S/C12H8Br2N2O/c13-8-1-6-12(11(14)7-8)15-9-2-4-10(16-17)5-3-9/h1-7,15H. The van der Waals surface area contributed by atoms with Gasteiger partial charge in [0.25, 0.3) is 0 Å². The molecule has 5 heteroatoms. The molecule has 2 aromatic rings. The second-order valence-corrected chi connectivity index (χ2v) is 5.16. The predicted octanol–water partition coefficient (Wildman–Crippen LogP) is 5.35. The summed E-state index contributed by atoms with van der Waals surface area (Å²) in [5.74, 6) is 0. The fourth-order valence-electron chi connectivity index (χ4n) is 1.35. The average Bonchev–Trinajstić information content (AvgIpc) is 2.34. The van der Waals surface area contributed by atoms with E-state index in [2.05, 4.69) is 42.4 Å². The maximum atomic E-state index is 10.3. The van der Waals surface area contributed by atoms with Crippen LogP contribution in [0.5, 0.6) is 0 Å². The van der Waals surface area contributed by atoms with Gasteiger partial charge in [0, 0.05) is 14.6 Å². The zero-order valence-electron chi connectivity index (χ0n) is 8.65. The molecule has 0 saturated heterocycles. The van der Waals surface area contributed by atoms with E-state index < -0.39 is 0 Å². The van der Waals surface area contributed by atoms with Gasteiger partial charge in [-0.1, -0.05) is 15.9 Å². The maximum Gasteiger partial charge on any atom is 0.108 e. The Kier molecular flexibility index (Phi) is 3.91. The Balaban J connectivity index is 2.22. The molecule has 2 rings (SSSR count). The number of hydrogen-bond acceptors (Lipinski definition) is 3. The van der Waals surface area contributed by atoms with Crippen molar-refractivity contribution in [1.29, 1.82) is 0 Å². The molecule has 0 atom stereocenters. The lowest BCUT2D eigenvalue weighted by molar-refractivity contribution is 1.47. The molecule has 0 heterocycles. The largest absolute Gasteiger partial charge is 0.355 e. The van der Waals surface area contributed by atoms with Crippen LogP contribution in [-0.2, 0) is 0 Å². The van der Waals surface area contributed by atoms with Gasteiger partial charge >= 0.3 is 0 Å². The second-order valence-electron chi connectivity index (χ2n) is 3.39. The molecular formula is C12H8Br2N2O. The molecule has 0 aromatic heterocycles. The lowest BCUT2D eigenvalue weighted by Gasteiger charge is -2.08. The van der Waals surface area contributed by atoms with Gasteiger partial charge in [-0.2, -0.15) is 0 Å². The minimum absolute atomic E-state index is 0.422. The van der Waals surface area contributed by atoms with Crippen LogP contribution >= 0.6 is 31.9 Å². The number of nitrogens with zero attached hydrogens (tertiary/aromatic N) is 1. The van der Waals surface area contributed by atoms with Gasteiger partial charge in [-0.25, -0.2) is 0 Å². The van der Waals surface area contributed by atoms with E-state index in [4.69, 9.17) is 0 Å². The summed E-state index contributed by atoms with van der Waals surface area (Å²) in [4.78, 5) is 10.3. The van der Waals surface area contributed by atoms with Gasteiger partial charge in [-0.3, -0.25) is 0 Å². The normalized spacial score (nSPS) is 10.0. The minimum atomic E-state index is 0.422. The van der Waals surface area contributed by atoms with Crippen LogP contribution in [0.2, 0.25) is 0 Å². The monoisotopic (exact) mass is 354 g/mol. The van der Waals surface area contributed by atoms with E-state index in [-0.39, 0.29) is 0 Å². The summed E-state index contributed by atoms with van der Waals surface area (Å²) in [6.07, 6.45) is 0. The third kappa shape index (κ3) is 3.14. The zero-order valence-corrected chi connectivity index (χ0v) is 11.8. The summed E-state index contributed by atoms with van der Waals surface area (Å²) < 4.78 is 1.97. The quantitative estimate of drug-likeness (QED) is 0.753. The molecule has 0 spiro atoms. The summed E-state index contributed by atoms with van der Waals surface area (Å²) >= 11 is 6.87. The molecule has 0 bridgehead atoms. The first-order valence-electron chi connectivity index (χ1n) is 4.84. The molecule has 0 amide bonds.